The molecule has 0 aliphatic carbocycles. The Kier molecular flexibility index (Phi) is 6.39. The van der Waals surface area contributed by atoms with Crippen LogP contribution in [0.15, 0.2) is 66.0 Å². The largest absolute Gasteiger partial charge is 0.452 e. The Balaban J connectivity index is 1.67. The summed E-state index contributed by atoms with van der Waals surface area (Å²) in [5, 5.41) is 7.65. The van der Waals surface area contributed by atoms with Crippen molar-refractivity contribution in [3.8, 4) is 0 Å². The molecule has 0 radical (unpaired) electrons. The highest BCUT2D eigenvalue weighted by Crippen LogP contribution is 2.26. The number of halogens is 1. The first kappa shape index (κ1) is 19.6. The molecule has 0 spiro atoms. The maximum atomic E-state index is 13.2. The van der Waals surface area contributed by atoms with Gasteiger partial charge in [0.25, 0.3) is 5.91 Å². The van der Waals surface area contributed by atoms with E-state index in [1.807, 2.05) is 17.5 Å². The molecule has 7 heteroatoms. The van der Waals surface area contributed by atoms with Crippen LogP contribution in [-0.4, -0.2) is 25.5 Å². The van der Waals surface area contributed by atoms with E-state index in [4.69, 9.17) is 4.74 Å². The normalized spacial score (nSPS) is 11.5. The summed E-state index contributed by atoms with van der Waals surface area (Å²) in [6.07, 6.45) is 0. The average molecular weight is 398 g/mol. The van der Waals surface area contributed by atoms with E-state index in [0.717, 1.165) is 10.4 Å². The lowest BCUT2D eigenvalue weighted by Crippen LogP contribution is -2.32. The van der Waals surface area contributed by atoms with Crippen molar-refractivity contribution in [3.63, 3.8) is 0 Å². The van der Waals surface area contributed by atoms with E-state index in [1.165, 1.54) is 23.5 Å². The number of amides is 1. The van der Waals surface area contributed by atoms with Gasteiger partial charge >= 0.3 is 5.97 Å². The summed E-state index contributed by atoms with van der Waals surface area (Å²) in [6.45, 7) is -0.417. The first-order valence-corrected chi connectivity index (χ1v) is 9.48. The molecule has 5 nitrogen and oxygen atoms in total. The van der Waals surface area contributed by atoms with Gasteiger partial charge in [0.05, 0.1) is 11.6 Å². The van der Waals surface area contributed by atoms with Crippen molar-refractivity contribution in [3.05, 3.63) is 87.9 Å². The van der Waals surface area contributed by atoms with Crippen molar-refractivity contribution in [2.75, 3.05) is 19.0 Å². The summed E-state index contributed by atoms with van der Waals surface area (Å²) in [6, 6.07) is 16.1. The van der Waals surface area contributed by atoms with Crippen LogP contribution in [0, 0.1) is 5.82 Å². The topological polar surface area (TPSA) is 67.4 Å². The maximum Gasteiger partial charge on any atom is 0.340 e. The number of esters is 1. The Hall–Kier alpha value is -3.19. The monoisotopic (exact) mass is 398 g/mol. The fourth-order valence-corrected chi connectivity index (χ4v) is 3.52. The molecule has 0 saturated carbocycles. The fraction of sp³-hybridized carbons (Fsp3) is 0.143. The van der Waals surface area contributed by atoms with E-state index >= 15 is 0 Å². The number of hydrogen-bond acceptors (Lipinski definition) is 5. The van der Waals surface area contributed by atoms with Gasteiger partial charge in [0.15, 0.2) is 6.61 Å². The van der Waals surface area contributed by atoms with Gasteiger partial charge in [0, 0.05) is 17.6 Å². The Labute approximate surface area is 166 Å². The highest BCUT2D eigenvalue weighted by atomic mass is 32.1. The van der Waals surface area contributed by atoms with Gasteiger partial charge in [-0.15, -0.1) is 11.3 Å². The molecular weight excluding hydrogens is 379 g/mol. The van der Waals surface area contributed by atoms with Crippen LogP contribution in [-0.2, 0) is 9.53 Å². The number of thiophene rings is 1. The lowest BCUT2D eigenvalue weighted by Gasteiger charge is -2.18. The van der Waals surface area contributed by atoms with Crippen molar-refractivity contribution in [2.24, 2.45) is 0 Å². The molecule has 2 N–H and O–H groups in total. The molecule has 1 heterocycles. The number of ether oxygens (including phenoxy) is 1. The Morgan fingerprint density at radius 2 is 1.82 bits per heavy atom. The quantitative estimate of drug-likeness (QED) is 0.591. The number of carbonyl (C=O) groups is 2. The second kappa shape index (κ2) is 9.14. The van der Waals surface area contributed by atoms with E-state index in [0.29, 0.717) is 11.3 Å². The van der Waals surface area contributed by atoms with Crippen molar-refractivity contribution >= 4 is 28.9 Å². The molecule has 1 amide bonds. The van der Waals surface area contributed by atoms with E-state index in [-0.39, 0.29) is 5.82 Å². The van der Waals surface area contributed by atoms with Crippen LogP contribution in [0.3, 0.4) is 0 Å². The molecule has 3 aromatic rings. The first-order valence-electron chi connectivity index (χ1n) is 8.60. The molecule has 0 unspecified atom stereocenters. The molecule has 2 aromatic carbocycles. The van der Waals surface area contributed by atoms with Gasteiger partial charge in [-0.3, -0.25) is 4.79 Å². The zero-order chi connectivity index (χ0) is 19.9. The summed E-state index contributed by atoms with van der Waals surface area (Å²) in [7, 11) is 1.70. The Bertz CT molecular complexity index is 943. The molecule has 0 aliphatic rings. The van der Waals surface area contributed by atoms with Crippen LogP contribution in [0.4, 0.5) is 10.1 Å². The molecule has 1 atom stereocenters. The molecular formula is C21H19FN2O3S. The van der Waals surface area contributed by atoms with Gasteiger partial charge < -0.3 is 15.4 Å². The van der Waals surface area contributed by atoms with E-state index in [2.05, 4.69) is 10.6 Å². The number of benzene rings is 2. The number of nitrogens with one attached hydrogen (secondary N) is 2. The van der Waals surface area contributed by atoms with Crippen molar-refractivity contribution < 1.29 is 18.7 Å². The maximum absolute atomic E-state index is 13.2. The third-order valence-corrected chi connectivity index (χ3v) is 5.02. The molecule has 1 aromatic heterocycles. The molecule has 144 valence electrons. The van der Waals surface area contributed by atoms with Crippen molar-refractivity contribution in [2.45, 2.75) is 6.04 Å². The molecule has 0 saturated heterocycles. The second-order valence-corrected chi connectivity index (χ2v) is 6.92. The minimum Gasteiger partial charge on any atom is -0.452 e. The Morgan fingerprint density at radius 3 is 2.50 bits per heavy atom. The van der Waals surface area contributed by atoms with Gasteiger partial charge in [0.2, 0.25) is 0 Å². The molecule has 28 heavy (non-hydrogen) atoms. The second-order valence-electron chi connectivity index (χ2n) is 5.94. The molecule has 3 rings (SSSR count). The van der Waals surface area contributed by atoms with Crippen LogP contribution < -0.4 is 10.6 Å². The lowest BCUT2D eigenvalue weighted by atomic mass is 10.1. The van der Waals surface area contributed by atoms with Crippen LogP contribution in [0.2, 0.25) is 0 Å². The van der Waals surface area contributed by atoms with E-state index in [1.54, 1.807) is 43.4 Å². The smallest absolute Gasteiger partial charge is 0.340 e. The number of rotatable bonds is 7. The molecule has 0 fully saturated rings. The summed E-state index contributed by atoms with van der Waals surface area (Å²) < 4.78 is 18.4. The predicted molar refractivity (Wildman–Crippen MR) is 107 cm³/mol. The summed E-state index contributed by atoms with van der Waals surface area (Å²) in [5.74, 6) is -1.38. The number of para-hydroxylation sites is 1. The zero-order valence-electron chi connectivity index (χ0n) is 15.1. The summed E-state index contributed by atoms with van der Waals surface area (Å²) in [4.78, 5) is 25.6. The molecule has 0 aliphatic heterocycles. The fourth-order valence-electron chi connectivity index (χ4n) is 2.72. The number of hydrogen-bond donors (Lipinski definition) is 2. The van der Waals surface area contributed by atoms with Crippen LogP contribution in [0.1, 0.15) is 26.8 Å². The lowest BCUT2D eigenvalue weighted by molar-refractivity contribution is -0.124. The minimum absolute atomic E-state index is 0.350. The van der Waals surface area contributed by atoms with Crippen molar-refractivity contribution in [1.82, 2.24) is 5.32 Å². The minimum atomic E-state index is -0.588. The Morgan fingerprint density at radius 1 is 1.07 bits per heavy atom. The number of carbonyl (C=O) groups excluding carboxylic acids is 2. The van der Waals surface area contributed by atoms with Crippen LogP contribution >= 0.6 is 11.3 Å². The van der Waals surface area contributed by atoms with Gasteiger partial charge in [-0.25, -0.2) is 9.18 Å². The zero-order valence-corrected chi connectivity index (χ0v) is 16.0. The third-order valence-electron chi connectivity index (χ3n) is 4.09. The van der Waals surface area contributed by atoms with Crippen LogP contribution in [0.5, 0.6) is 0 Å². The van der Waals surface area contributed by atoms with Gasteiger partial charge in [-0.05, 0) is 41.3 Å². The summed E-state index contributed by atoms with van der Waals surface area (Å²) >= 11 is 1.47. The molecule has 0 bridgehead atoms. The standard InChI is InChI=1S/C21H19FN2O3S/c1-23-17-6-3-2-5-16(17)21(26)27-13-19(25)24-20(18-7-4-12-28-18)14-8-10-15(22)11-9-14/h2-12,20,23H,13H2,1H3,(H,24,25)/t20-/m1/s1. The average Bonchev–Trinajstić information content (AvgIpc) is 3.25. The highest BCUT2D eigenvalue weighted by Gasteiger charge is 2.20. The van der Waals surface area contributed by atoms with Gasteiger partial charge in [-0.2, -0.15) is 0 Å². The number of anilines is 1. The van der Waals surface area contributed by atoms with Crippen molar-refractivity contribution in [1.29, 1.82) is 0 Å². The summed E-state index contributed by atoms with van der Waals surface area (Å²) in [5.41, 5.74) is 1.71. The SMILES string of the molecule is CNc1ccccc1C(=O)OCC(=O)N[C@H](c1ccc(F)cc1)c1cccs1. The predicted octanol–water partition coefficient (Wildman–Crippen LogP) is 3.99. The first-order chi connectivity index (χ1) is 13.6. The van der Waals surface area contributed by atoms with Gasteiger partial charge in [0.1, 0.15) is 5.82 Å². The highest BCUT2D eigenvalue weighted by molar-refractivity contribution is 7.10. The van der Waals surface area contributed by atoms with Gasteiger partial charge in [-0.1, -0.05) is 30.3 Å². The van der Waals surface area contributed by atoms with Crippen LogP contribution in [0.25, 0.3) is 0 Å². The van der Waals surface area contributed by atoms with E-state index < -0.39 is 24.5 Å². The van der Waals surface area contributed by atoms with E-state index in [9.17, 15) is 14.0 Å². The third kappa shape index (κ3) is 4.75.